The second kappa shape index (κ2) is 11.4. The average Bonchev–Trinajstić information content (AvgIpc) is 2.42. The molecule has 0 N–H and O–H groups in total. The lowest BCUT2D eigenvalue weighted by Crippen LogP contribution is -2.41. The van der Waals surface area contributed by atoms with E-state index in [4.69, 9.17) is 4.84 Å². The van der Waals surface area contributed by atoms with Crippen molar-refractivity contribution in [2.24, 2.45) is 11.8 Å². The van der Waals surface area contributed by atoms with Gasteiger partial charge in [0.05, 0.1) is 19.3 Å². The Balaban J connectivity index is 0. The van der Waals surface area contributed by atoms with Crippen LogP contribution in [0.1, 0.15) is 55.4 Å². The summed E-state index contributed by atoms with van der Waals surface area (Å²) < 4.78 is 0. The summed E-state index contributed by atoms with van der Waals surface area (Å²) in [5, 5.41) is 2.69. The van der Waals surface area contributed by atoms with Crippen molar-refractivity contribution in [3.05, 3.63) is 0 Å². The Morgan fingerprint density at radius 1 is 0.818 bits per heavy atom. The van der Waals surface area contributed by atoms with Crippen LogP contribution in [0, 0.1) is 11.8 Å². The molecule has 0 bridgehead atoms. The van der Waals surface area contributed by atoms with Gasteiger partial charge in [0.1, 0.15) is 0 Å². The molecule has 2 amide bonds. The largest absolute Gasteiger partial charge is 0.275 e. The molecule has 0 aromatic carbocycles. The van der Waals surface area contributed by atoms with Crippen molar-refractivity contribution in [3.8, 4) is 0 Å². The number of rotatable bonds is 6. The predicted octanol–water partition coefficient (Wildman–Crippen LogP) is 2.88. The molecule has 0 rings (SSSR count). The average molecular weight is 318 g/mol. The van der Waals surface area contributed by atoms with Gasteiger partial charge in [0, 0.05) is 18.9 Å². The first-order chi connectivity index (χ1) is 9.95. The number of carbonyl (C=O) groups is 2. The number of nitrogens with zero attached hydrogens (tertiary/aromatic N) is 2. The zero-order chi connectivity index (χ0) is 18.0. The maximum absolute atomic E-state index is 11.6. The molecule has 6 heteroatoms. The van der Waals surface area contributed by atoms with Gasteiger partial charge in [0.2, 0.25) is 11.8 Å². The van der Waals surface area contributed by atoms with E-state index in [0.717, 1.165) is 0 Å². The lowest BCUT2D eigenvalue weighted by atomic mass is 10.2. The highest BCUT2D eigenvalue weighted by molar-refractivity contribution is 5.77. The van der Waals surface area contributed by atoms with Gasteiger partial charge in [0.15, 0.2) is 0 Å². The van der Waals surface area contributed by atoms with Gasteiger partial charge in [-0.25, -0.2) is 10.1 Å². The number of amides is 2. The van der Waals surface area contributed by atoms with Crippen LogP contribution in [0.4, 0.5) is 0 Å². The van der Waals surface area contributed by atoms with Gasteiger partial charge >= 0.3 is 0 Å². The summed E-state index contributed by atoms with van der Waals surface area (Å²) in [5.74, 6) is 0.0392. The molecule has 0 unspecified atom stereocenters. The van der Waals surface area contributed by atoms with Crippen LogP contribution in [-0.4, -0.2) is 48.2 Å². The Kier molecular flexibility index (Phi) is 12.0. The van der Waals surface area contributed by atoms with Crippen LogP contribution in [0.15, 0.2) is 0 Å². The first-order valence-corrected chi connectivity index (χ1v) is 7.77. The first-order valence-electron chi connectivity index (χ1n) is 7.77. The van der Waals surface area contributed by atoms with Crippen LogP contribution in [0.2, 0.25) is 0 Å². The topological polar surface area (TPSA) is 59.1 Å². The van der Waals surface area contributed by atoms with Crippen molar-refractivity contribution < 1.29 is 19.3 Å². The van der Waals surface area contributed by atoms with Crippen molar-refractivity contribution in [1.82, 2.24) is 10.1 Å². The highest BCUT2D eigenvalue weighted by Crippen LogP contribution is 2.09. The molecule has 0 aliphatic carbocycles. The van der Waals surface area contributed by atoms with Crippen LogP contribution in [0.3, 0.4) is 0 Å². The number of carbonyl (C=O) groups excluding carboxylic acids is 2. The third kappa shape index (κ3) is 9.73. The molecule has 0 spiro atoms. The van der Waals surface area contributed by atoms with E-state index in [9.17, 15) is 9.59 Å². The van der Waals surface area contributed by atoms with E-state index in [1.807, 2.05) is 55.4 Å². The maximum Gasteiger partial charge on any atom is 0.248 e. The summed E-state index contributed by atoms with van der Waals surface area (Å²) >= 11 is 0. The summed E-state index contributed by atoms with van der Waals surface area (Å²) in [4.78, 5) is 32.6. The number of hydrogen-bond donors (Lipinski definition) is 0. The van der Waals surface area contributed by atoms with E-state index in [1.165, 1.54) is 17.2 Å². The molecule has 132 valence electrons. The zero-order valence-electron chi connectivity index (χ0n) is 15.8. The summed E-state index contributed by atoms with van der Waals surface area (Å²) in [6.07, 6.45) is 0.0464. The Bertz CT molecular complexity index is 328. The Labute approximate surface area is 135 Å². The highest BCUT2D eigenvalue weighted by Gasteiger charge is 2.21. The molecule has 0 saturated heterocycles. The molecular weight excluding hydrogens is 284 g/mol. The van der Waals surface area contributed by atoms with Crippen LogP contribution in [0.25, 0.3) is 0 Å². The van der Waals surface area contributed by atoms with Gasteiger partial charge in [-0.05, 0) is 27.7 Å². The fourth-order valence-electron chi connectivity index (χ4n) is 1.36. The van der Waals surface area contributed by atoms with E-state index in [1.54, 1.807) is 7.05 Å². The van der Waals surface area contributed by atoms with Crippen molar-refractivity contribution in [1.29, 1.82) is 0 Å². The normalized spacial score (nSPS) is 10.8. The molecule has 0 atom stereocenters. The summed E-state index contributed by atoms with van der Waals surface area (Å²) in [6.45, 7) is 15.1. The predicted molar refractivity (Wildman–Crippen MR) is 87.7 cm³/mol. The van der Waals surface area contributed by atoms with Crippen LogP contribution in [0.5, 0.6) is 0 Å². The number of hydrogen-bond acceptors (Lipinski definition) is 4. The zero-order valence-corrected chi connectivity index (χ0v) is 15.8. The monoisotopic (exact) mass is 318 g/mol. The SMILES string of the molecule is CC(C)ON(C(=O)C(C)C)C(C)C.CON(C)C(=O)C(C)C. The van der Waals surface area contributed by atoms with E-state index in [-0.39, 0.29) is 35.8 Å². The van der Waals surface area contributed by atoms with E-state index < -0.39 is 0 Å². The van der Waals surface area contributed by atoms with Crippen molar-refractivity contribution >= 4 is 11.8 Å². The van der Waals surface area contributed by atoms with Gasteiger partial charge in [0.25, 0.3) is 0 Å². The molecular formula is C16H34N2O4. The quantitative estimate of drug-likeness (QED) is 0.707. The molecule has 22 heavy (non-hydrogen) atoms. The van der Waals surface area contributed by atoms with Crippen LogP contribution < -0.4 is 0 Å². The molecule has 0 fully saturated rings. The fourth-order valence-corrected chi connectivity index (χ4v) is 1.36. The Morgan fingerprint density at radius 3 is 1.41 bits per heavy atom. The summed E-state index contributed by atoms with van der Waals surface area (Å²) in [6, 6.07) is 0.0947. The van der Waals surface area contributed by atoms with Crippen LogP contribution >= 0.6 is 0 Å². The highest BCUT2D eigenvalue weighted by atomic mass is 16.7. The second-order valence-electron chi connectivity index (χ2n) is 6.24. The van der Waals surface area contributed by atoms with Gasteiger partial charge < -0.3 is 0 Å². The van der Waals surface area contributed by atoms with Gasteiger partial charge in [-0.1, -0.05) is 27.7 Å². The molecule has 0 aromatic heterocycles. The summed E-state index contributed by atoms with van der Waals surface area (Å²) in [5.41, 5.74) is 0. The molecule has 0 heterocycles. The van der Waals surface area contributed by atoms with Gasteiger partial charge in [-0.2, -0.15) is 0 Å². The van der Waals surface area contributed by atoms with Gasteiger partial charge in [-0.15, -0.1) is 0 Å². The minimum Gasteiger partial charge on any atom is -0.275 e. The molecule has 0 radical (unpaired) electrons. The molecule has 6 nitrogen and oxygen atoms in total. The fraction of sp³-hybridized carbons (Fsp3) is 0.875. The summed E-state index contributed by atoms with van der Waals surface area (Å²) in [7, 11) is 3.07. The molecule has 0 saturated carbocycles. The number of hydroxylamine groups is 4. The molecule has 0 aliphatic rings. The second-order valence-corrected chi connectivity index (χ2v) is 6.24. The Morgan fingerprint density at radius 2 is 1.23 bits per heavy atom. The standard InChI is InChI=1S/C10H21NO2.C6H13NO2/c1-7(2)10(12)11(8(3)4)13-9(5)6;1-5(2)6(8)7(3)9-4/h7-9H,1-6H3;5H,1-4H3. The van der Waals surface area contributed by atoms with Crippen molar-refractivity contribution in [3.63, 3.8) is 0 Å². The van der Waals surface area contributed by atoms with E-state index >= 15 is 0 Å². The minimum atomic E-state index is -0.0128. The smallest absolute Gasteiger partial charge is 0.248 e. The van der Waals surface area contributed by atoms with E-state index in [0.29, 0.717) is 0 Å². The van der Waals surface area contributed by atoms with Crippen LogP contribution in [-0.2, 0) is 19.3 Å². The van der Waals surface area contributed by atoms with Crippen molar-refractivity contribution in [2.45, 2.75) is 67.5 Å². The lowest BCUT2D eigenvalue weighted by molar-refractivity contribution is -0.214. The van der Waals surface area contributed by atoms with E-state index in [2.05, 4.69) is 4.84 Å². The third-order valence-corrected chi connectivity index (χ3v) is 2.58. The Hall–Kier alpha value is -1.14. The third-order valence-electron chi connectivity index (χ3n) is 2.58. The minimum absolute atomic E-state index is 0.00231. The van der Waals surface area contributed by atoms with Crippen molar-refractivity contribution in [2.75, 3.05) is 14.2 Å². The lowest BCUT2D eigenvalue weighted by Gasteiger charge is -2.28. The molecule has 0 aliphatic heterocycles. The maximum atomic E-state index is 11.6. The van der Waals surface area contributed by atoms with Gasteiger partial charge in [-0.3, -0.25) is 19.3 Å². The molecule has 0 aromatic rings. The first kappa shape index (κ1) is 23.1.